The van der Waals surface area contributed by atoms with Gasteiger partial charge in [0.2, 0.25) is 0 Å². The Morgan fingerprint density at radius 2 is 0.933 bits per heavy atom. The number of hydrogen-bond acceptors (Lipinski definition) is 0. The van der Waals surface area contributed by atoms with Crippen molar-refractivity contribution >= 4 is 16.3 Å². The van der Waals surface area contributed by atoms with Gasteiger partial charge in [-0.15, -0.1) is 0 Å². The quantitative estimate of drug-likeness (QED) is 0.577. The first kappa shape index (κ1) is 18.5. The zero-order chi connectivity index (χ0) is 11.4. The van der Waals surface area contributed by atoms with Gasteiger partial charge < -0.3 is 0 Å². The van der Waals surface area contributed by atoms with Crippen LogP contribution in [-0.4, -0.2) is 16.3 Å². The molecular weight excluding hydrogens is 190 g/mol. The summed E-state index contributed by atoms with van der Waals surface area (Å²) in [5, 5.41) is 0. The molecule has 86 valence electrons. The molecule has 0 rings (SSSR count). The maximum atomic E-state index is 2.39. The smallest absolute Gasteiger partial charge is 0.178 e. The number of hydrogen-bond donors (Lipinski definition) is 0. The Bertz CT molecular complexity index is 126. The standard InChI is InChI=1S/C13H27.Al.Li.3H/c1-10(2)7-13(8-11(3)4)9-12(5)6;;;;;/h10-12H,7-9H2,1-6H3;;;;;/q;-1;+1;;;. The molecule has 0 radical (unpaired) electrons. The second kappa shape index (κ2) is 8.25. The molecule has 0 bridgehead atoms. The van der Waals surface area contributed by atoms with Crippen LogP contribution in [0.25, 0.3) is 0 Å². The van der Waals surface area contributed by atoms with Crippen molar-refractivity contribution in [3.63, 3.8) is 0 Å². The molecule has 0 aliphatic heterocycles. The fourth-order valence-corrected chi connectivity index (χ4v) is 1.98. The van der Waals surface area contributed by atoms with Crippen molar-refractivity contribution in [2.45, 2.75) is 65.1 Å². The van der Waals surface area contributed by atoms with Gasteiger partial charge in [-0.3, -0.25) is 0 Å². The third kappa shape index (κ3) is 10.0. The third-order valence-corrected chi connectivity index (χ3v) is 2.09. The van der Waals surface area contributed by atoms with Crippen molar-refractivity contribution in [3.05, 3.63) is 0 Å². The Labute approximate surface area is 118 Å². The average molecular weight is 220 g/mol. The first-order chi connectivity index (χ1) is 6.25. The Morgan fingerprint density at radius 1 is 0.733 bits per heavy atom. The molecule has 0 heterocycles. The Balaban J connectivity index is 0. The Hall–Kier alpha value is 1.13. The molecule has 0 aromatic rings. The van der Waals surface area contributed by atoms with Crippen LogP contribution in [0.3, 0.4) is 0 Å². The van der Waals surface area contributed by atoms with Gasteiger partial charge in [0.15, 0.2) is 0 Å². The molecule has 15 heavy (non-hydrogen) atoms. The van der Waals surface area contributed by atoms with E-state index in [1.54, 1.807) is 0 Å². The maximum Gasteiger partial charge on any atom is 1.00 e. The maximum absolute atomic E-state index is 2.39. The summed E-state index contributed by atoms with van der Waals surface area (Å²) in [7, 11) is 0. The molecule has 0 aliphatic carbocycles. The molecule has 0 spiro atoms. The van der Waals surface area contributed by atoms with E-state index in [2.05, 4.69) is 41.5 Å². The topological polar surface area (TPSA) is 0 Å². The van der Waals surface area contributed by atoms with Gasteiger partial charge in [0.05, 0.1) is 16.3 Å². The van der Waals surface area contributed by atoms with E-state index in [4.69, 9.17) is 0 Å². The third-order valence-electron chi connectivity index (χ3n) is 2.09. The summed E-state index contributed by atoms with van der Waals surface area (Å²) in [5.74, 6) is 2.68. The van der Waals surface area contributed by atoms with Crippen LogP contribution in [-0.2, 0) is 0 Å². The van der Waals surface area contributed by atoms with E-state index in [0.29, 0.717) is 16.3 Å². The normalized spacial score (nSPS) is 12.6. The largest absolute Gasteiger partial charge is 1.00 e. The van der Waals surface area contributed by atoms with Gasteiger partial charge in [-0.05, 0) is 0 Å². The predicted molar refractivity (Wildman–Crippen MR) is 71.0 cm³/mol. The van der Waals surface area contributed by atoms with Crippen molar-refractivity contribution in [1.82, 2.24) is 0 Å². The van der Waals surface area contributed by atoms with Gasteiger partial charge in [0.1, 0.15) is 0 Å². The van der Waals surface area contributed by atoms with Gasteiger partial charge in [-0.25, -0.2) is 0 Å². The fourth-order valence-electron chi connectivity index (χ4n) is 1.98. The van der Waals surface area contributed by atoms with Gasteiger partial charge in [0.25, 0.3) is 0 Å². The second-order valence-electron chi connectivity index (χ2n) is 5.54. The van der Waals surface area contributed by atoms with Crippen molar-refractivity contribution in [3.8, 4) is 0 Å². The minimum Gasteiger partial charge on any atom is -0.178 e. The van der Waals surface area contributed by atoms with Crippen molar-refractivity contribution in [1.29, 1.82) is 0 Å². The minimum absolute atomic E-state index is 0. The van der Waals surface area contributed by atoms with Gasteiger partial charge in [-0.2, -0.15) is 4.28 Å². The van der Waals surface area contributed by atoms with E-state index >= 15 is 0 Å². The van der Waals surface area contributed by atoms with Crippen LogP contribution < -0.4 is 18.9 Å². The van der Waals surface area contributed by atoms with Crippen molar-refractivity contribution < 1.29 is 18.9 Å². The van der Waals surface area contributed by atoms with E-state index in [-0.39, 0.29) is 18.9 Å². The van der Waals surface area contributed by atoms with Crippen LogP contribution in [0.15, 0.2) is 0 Å². The van der Waals surface area contributed by atoms with Gasteiger partial charge in [0, 0.05) is 0 Å². The summed E-state index contributed by atoms with van der Waals surface area (Å²) in [5.41, 5.74) is 0. The summed E-state index contributed by atoms with van der Waals surface area (Å²) in [6.07, 6.45) is 4.47. The molecule has 0 atom stereocenters. The van der Waals surface area contributed by atoms with E-state index in [1.807, 2.05) is 0 Å². The molecule has 0 saturated carbocycles. The first-order valence-electron chi connectivity index (χ1n) is 5.75. The van der Waals surface area contributed by atoms with E-state index in [0.717, 1.165) is 22.0 Å². The molecular formula is C13H30AlLi. The molecule has 0 aromatic carbocycles. The summed E-state index contributed by atoms with van der Waals surface area (Å²) in [4.78, 5) is 0. The van der Waals surface area contributed by atoms with Crippen LogP contribution in [0.1, 0.15) is 60.8 Å². The molecule has 2 heteroatoms. The molecule has 0 nitrogen and oxygen atoms in total. The summed E-state index contributed by atoms with van der Waals surface area (Å²) < 4.78 is 0.816. The fraction of sp³-hybridized carbons (Fsp3) is 1.00. The summed E-state index contributed by atoms with van der Waals surface area (Å²) in [6.45, 7) is 14.3. The minimum atomic E-state index is 0. The monoisotopic (exact) mass is 220 g/mol. The predicted octanol–water partition coefficient (Wildman–Crippen LogP) is 0.653. The van der Waals surface area contributed by atoms with Crippen molar-refractivity contribution in [2.24, 2.45) is 17.8 Å². The average Bonchev–Trinajstić information content (AvgIpc) is 1.76. The van der Waals surface area contributed by atoms with Crippen LogP contribution >= 0.6 is 0 Å². The second-order valence-corrected chi connectivity index (χ2v) is 5.54. The van der Waals surface area contributed by atoms with Gasteiger partial charge >= 0.3 is 18.9 Å². The van der Waals surface area contributed by atoms with Crippen LogP contribution in [0.4, 0.5) is 0 Å². The van der Waals surface area contributed by atoms with E-state index in [1.165, 1.54) is 19.3 Å². The summed E-state index contributed by atoms with van der Waals surface area (Å²) >= 11 is 0.468. The molecule has 0 fully saturated rings. The van der Waals surface area contributed by atoms with Crippen LogP contribution in [0.2, 0.25) is 4.28 Å². The molecule has 0 saturated heterocycles. The SMILES string of the molecule is CC(C)C[C]([AlH3-])(CC(C)C)CC(C)C.[Li+]. The van der Waals surface area contributed by atoms with Gasteiger partial charge in [-0.1, -0.05) is 78.6 Å². The molecule has 0 amide bonds. The molecule has 0 unspecified atom stereocenters. The Morgan fingerprint density at radius 3 is 1.07 bits per heavy atom. The van der Waals surface area contributed by atoms with E-state index < -0.39 is 0 Å². The molecule has 0 N–H and O–H groups in total. The number of rotatable bonds is 6. The Kier molecular flexibility index (Phi) is 10.2. The molecule has 0 aromatic heterocycles. The van der Waals surface area contributed by atoms with Crippen molar-refractivity contribution in [2.75, 3.05) is 0 Å². The van der Waals surface area contributed by atoms with Crippen LogP contribution in [0, 0.1) is 17.8 Å². The summed E-state index contributed by atoms with van der Waals surface area (Å²) in [6, 6.07) is 0. The van der Waals surface area contributed by atoms with Crippen LogP contribution in [0.5, 0.6) is 0 Å². The zero-order valence-electron chi connectivity index (χ0n) is 11.4. The molecule has 0 aliphatic rings. The first-order valence-corrected chi connectivity index (χ1v) is 5.75. The zero-order valence-corrected chi connectivity index (χ0v) is 11.4. The van der Waals surface area contributed by atoms with E-state index in [9.17, 15) is 0 Å².